The van der Waals surface area contributed by atoms with E-state index < -0.39 is 22.5 Å². The zero-order valence-corrected chi connectivity index (χ0v) is 13.5. The Balaban J connectivity index is 2.52. The molecular formula is C17H26O4. The molecule has 2 unspecified atom stereocenters. The van der Waals surface area contributed by atoms with Gasteiger partial charge in [0.25, 0.3) is 0 Å². The maximum absolute atomic E-state index is 11.5. The number of hydrogen-bond acceptors (Lipinski definition) is 4. The van der Waals surface area contributed by atoms with E-state index >= 15 is 0 Å². The third kappa shape index (κ3) is 2.35. The number of benzene rings is 1. The largest absolute Gasteiger partial charge is 0.497 e. The fraction of sp³-hybridized carbons (Fsp3) is 0.647. The van der Waals surface area contributed by atoms with Crippen LogP contribution in [0.2, 0.25) is 0 Å². The lowest BCUT2D eigenvalue weighted by Crippen LogP contribution is -2.57. The van der Waals surface area contributed by atoms with Crippen molar-refractivity contribution in [2.75, 3.05) is 20.3 Å². The molecule has 0 spiro atoms. The molecule has 2 atom stereocenters. The second-order valence-corrected chi connectivity index (χ2v) is 7.16. The van der Waals surface area contributed by atoms with E-state index in [-0.39, 0.29) is 6.61 Å². The van der Waals surface area contributed by atoms with Crippen LogP contribution in [0, 0.1) is 10.8 Å². The summed E-state index contributed by atoms with van der Waals surface area (Å²) in [5.74, 6) is 0.727. The Morgan fingerprint density at radius 3 is 2.62 bits per heavy atom. The number of rotatable bonds is 4. The highest BCUT2D eigenvalue weighted by atomic mass is 16.5. The Kier molecular flexibility index (Phi) is 4.08. The topological polar surface area (TPSA) is 58.9 Å². The van der Waals surface area contributed by atoms with Gasteiger partial charge in [0.1, 0.15) is 17.5 Å². The van der Waals surface area contributed by atoms with Crippen LogP contribution < -0.4 is 4.74 Å². The summed E-state index contributed by atoms with van der Waals surface area (Å²) in [4.78, 5) is 0. The first-order valence-electron chi connectivity index (χ1n) is 7.28. The molecule has 1 aliphatic rings. The Labute approximate surface area is 126 Å². The highest BCUT2D eigenvalue weighted by molar-refractivity contribution is 5.33. The molecule has 4 nitrogen and oxygen atoms in total. The summed E-state index contributed by atoms with van der Waals surface area (Å²) in [7, 11) is 1.61. The van der Waals surface area contributed by atoms with E-state index in [9.17, 15) is 10.2 Å². The van der Waals surface area contributed by atoms with E-state index in [2.05, 4.69) is 0 Å². The van der Waals surface area contributed by atoms with Crippen LogP contribution in [0.15, 0.2) is 24.3 Å². The van der Waals surface area contributed by atoms with Gasteiger partial charge in [-0.3, -0.25) is 0 Å². The van der Waals surface area contributed by atoms with Crippen molar-refractivity contribution in [3.05, 3.63) is 29.8 Å². The maximum Gasteiger partial charge on any atom is 0.119 e. The summed E-state index contributed by atoms with van der Waals surface area (Å²) in [6.07, 6.45) is -0.496. The Hall–Kier alpha value is -1.10. The minimum Gasteiger partial charge on any atom is -0.497 e. The fourth-order valence-electron chi connectivity index (χ4n) is 3.41. The molecule has 2 rings (SSSR count). The summed E-state index contributed by atoms with van der Waals surface area (Å²) in [6.45, 7) is 8.02. The first-order valence-corrected chi connectivity index (χ1v) is 7.28. The first-order chi connectivity index (χ1) is 9.69. The molecule has 0 radical (unpaired) electrons. The van der Waals surface area contributed by atoms with Crippen LogP contribution in [0.5, 0.6) is 5.75 Å². The predicted octanol–water partition coefficient (Wildman–Crippen LogP) is 2.54. The number of aliphatic hydroxyl groups is 2. The average molecular weight is 294 g/mol. The molecule has 0 saturated carbocycles. The van der Waals surface area contributed by atoms with Gasteiger partial charge in [-0.25, -0.2) is 0 Å². The zero-order valence-electron chi connectivity index (χ0n) is 13.5. The van der Waals surface area contributed by atoms with Crippen LogP contribution in [0.1, 0.15) is 39.4 Å². The quantitative estimate of drug-likeness (QED) is 0.896. The highest BCUT2D eigenvalue weighted by Crippen LogP contribution is 2.57. The summed E-state index contributed by atoms with van der Waals surface area (Å²) in [5.41, 5.74) is -1.47. The Morgan fingerprint density at radius 1 is 1.38 bits per heavy atom. The molecule has 1 fully saturated rings. The van der Waals surface area contributed by atoms with Crippen molar-refractivity contribution in [1.29, 1.82) is 0 Å². The van der Waals surface area contributed by atoms with Crippen molar-refractivity contribution in [3.8, 4) is 5.75 Å². The van der Waals surface area contributed by atoms with E-state index in [0.717, 1.165) is 11.3 Å². The van der Waals surface area contributed by atoms with Gasteiger partial charge in [-0.15, -0.1) is 0 Å². The van der Waals surface area contributed by atoms with Crippen LogP contribution in [-0.2, 0) is 4.74 Å². The van der Waals surface area contributed by atoms with Crippen LogP contribution >= 0.6 is 0 Å². The third-order valence-corrected chi connectivity index (χ3v) is 4.85. The lowest BCUT2D eigenvalue weighted by Gasteiger charge is -2.49. The third-order valence-electron chi connectivity index (χ3n) is 4.85. The maximum atomic E-state index is 11.5. The van der Waals surface area contributed by atoms with Gasteiger partial charge >= 0.3 is 0 Å². The van der Waals surface area contributed by atoms with Crippen LogP contribution in [0.3, 0.4) is 0 Å². The molecule has 2 N–H and O–H groups in total. The van der Waals surface area contributed by atoms with Gasteiger partial charge in [0.05, 0.1) is 20.3 Å². The van der Waals surface area contributed by atoms with E-state index in [1.807, 2.05) is 52.0 Å². The average Bonchev–Trinajstić information content (AvgIpc) is 2.71. The van der Waals surface area contributed by atoms with Crippen molar-refractivity contribution < 1.29 is 19.7 Å². The van der Waals surface area contributed by atoms with Crippen molar-refractivity contribution in [3.63, 3.8) is 0 Å². The molecule has 0 aromatic heterocycles. The molecule has 0 aliphatic carbocycles. The van der Waals surface area contributed by atoms with Gasteiger partial charge in [-0.05, 0) is 17.7 Å². The standard InChI is InChI=1S/C17H26O4/c1-15(2,10-18)17(19)14(21-11-16(17,3)4)12-7-6-8-13(9-12)20-5/h6-9,14,18-19H,10-11H2,1-5H3. The van der Waals surface area contributed by atoms with E-state index in [0.29, 0.717) is 6.61 Å². The van der Waals surface area contributed by atoms with Crippen molar-refractivity contribution in [2.45, 2.75) is 39.4 Å². The van der Waals surface area contributed by atoms with Crippen molar-refractivity contribution in [1.82, 2.24) is 0 Å². The second-order valence-electron chi connectivity index (χ2n) is 7.16. The van der Waals surface area contributed by atoms with Crippen molar-refractivity contribution in [2.24, 2.45) is 10.8 Å². The SMILES string of the molecule is COc1cccc(C2OCC(C)(C)C2(O)C(C)(C)CO)c1. The Bertz CT molecular complexity index is 509. The Morgan fingerprint density at radius 2 is 2.05 bits per heavy atom. The first kappa shape index (κ1) is 16.3. The number of methoxy groups -OCH3 is 1. The number of aliphatic hydroxyl groups excluding tert-OH is 1. The van der Waals surface area contributed by atoms with E-state index in [1.165, 1.54) is 0 Å². The second kappa shape index (κ2) is 5.27. The molecule has 1 saturated heterocycles. The fourth-order valence-corrected chi connectivity index (χ4v) is 3.41. The summed E-state index contributed by atoms with van der Waals surface area (Å²) >= 11 is 0. The van der Waals surface area contributed by atoms with Gasteiger partial charge in [0, 0.05) is 10.8 Å². The summed E-state index contributed by atoms with van der Waals surface area (Å²) in [5, 5.41) is 21.3. The number of ether oxygens (including phenoxy) is 2. The van der Waals surface area contributed by atoms with Crippen LogP contribution in [0.4, 0.5) is 0 Å². The zero-order chi connectivity index (χ0) is 15.9. The van der Waals surface area contributed by atoms with Gasteiger partial charge in [-0.1, -0.05) is 39.8 Å². The molecule has 1 aromatic rings. The molecule has 0 amide bonds. The molecule has 0 bridgehead atoms. The smallest absolute Gasteiger partial charge is 0.119 e. The van der Waals surface area contributed by atoms with Crippen LogP contribution in [0.25, 0.3) is 0 Å². The van der Waals surface area contributed by atoms with Gasteiger partial charge in [0.2, 0.25) is 0 Å². The van der Waals surface area contributed by atoms with Gasteiger partial charge < -0.3 is 19.7 Å². The van der Waals surface area contributed by atoms with E-state index in [4.69, 9.17) is 9.47 Å². The van der Waals surface area contributed by atoms with Gasteiger partial charge in [0.15, 0.2) is 0 Å². The van der Waals surface area contributed by atoms with Gasteiger partial charge in [-0.2, -0.15) is 0 Å². The predicted molar refractivity (Wildman–Crippen MR) is 81.3 cm³/mol. The lowest BCUT2D eigenvalue weighted by atomic mass is 9.59. The summed E-state index contributed by atoms with van der Waals surface area (Å²) < 4.78 is 11.2. The molecule has 1 aliphatic heterocycles. The van der Waals surface area contributed by atoms with Crippen molar-refractivity contribution >= 4 is 0 Å². The summed E-state index contributed by atoms with van der Waals surface area (Å²) in [6, 6.07) is 7.55. The molecule has 4 heteroatoms. The van der Waals surface area contributed by atoms with E-state index in [1.54, 1.807) is 7.11 Å². The highest BCUT2D eigenvalue weighted by Gasteiger charge is 2.63. The molecule has 118 valence electrons. The lowest BCUT2D eigenvalue weighted by molar-refractivity contribution is -0.170. The normalized spacial score (nSPS) is 28.6. The molecule has 21 heavy (non-hydrogen) atoms. The van der Waals surface area contributed by atoms with Crippen LogP contribution in [-0.4, -0.2) is 36.1 Å². The molecular weight excluding hydrogens is 268 g/mol. The molecule has 1 aromatic carbocycles. The molecule has 1 heterocycles. The minimum atomic E-state index is -1.18. The monoisotopic (exact) mass is 294 g/mol. The minimum absolute atomic E-state index is 0.114. The number of hydrogen-bond donors (Lipinski definition) is 2.